The Balaban J connectivity index is 2.46. The molecule has 0 unspecified atom stereocenters. The van der Waals surface area contributed by atoms with Gasteiger partial charge in [0.1, 0.15) is 18.3 Å². The van der Waals surface area contributed by atoms with E-state index in [2.05, 4.69) is 5.32 Å². The number of amides is 2. The normalized spacial score (nSPS) is 13.0. The lowest BCUT2D eigenvalue weighted by molar-refractivity contribution is -0.140. The van der Waals surface area contributed by atoms with E-state index in [4.69, 9.17) is 4.74 Å². The van der Waals surface area contributed by atoms with Crippen LogP contribution in [-0.4, -0.2) is 57.1 Å². The fraction of sp³-hybridized carbons (Fsp3) is 0.481. The van der Waals surface area contributed by atoms with Crippen LogP contribution in [0.4, 0.5) is 5.69 Å². The van der Waals surface area contributed by atoms with Gasteiger partial charge in [0.15, 0.2) is 0 Å². The summed E-state index contributed by atoms with van der Waals surface area (Å²) in [6.45, 7) is 9.20. The number of rotatable bonds is 12. The number of methoxy groups -OCH3 is 1. The van der Waals surface area contributed by atoms with Crippen LogP contribution in [0.3, 0.4) is 0 Å². The minimum absolute atomic E-state index is 0.0489. The summed E-state index contributed by atoms with van der Waals surface area (Å²) < 4.78 is 31.9. The molecule has 0 fully saturated rings. The number of nitrogens with zero attached hydrogens (tertiary/aromatic N) is 2. The van der Waals surface area contributed by atoms with E-state index in [0.717, 1.165) is 33.7 Å². The summed E-state index contributed by atoms with van der Waals surface area (Å²) in [5.74, 6) is -0.0372. The van der Waals surface area contributed by atoms with Crippen molar-refractivity contribution in [2.45, 2.75) is 66.1 Å². The van der Waals surface area contributed by atoms with Gasteiger partial charge in [-0.2, -0.15) is 0 Å². The molecule has 2 atom stereocenters. The number of benzene rings is 2. The van der Waals surface area contributed by atoms with Crippen LogP contribution in [0.2, 0.25) is 0 Å². The number of anilines is 1. The zero-order chi connectivity index (χ0) is 27.0. The highest BCUT2D eigenvalue weighted by Crippen LogP contribution is 2.25. The van der Waals surface area contributed by atoms with Crippen molar-refractivity contribution >= 4 is 27.5 Å². The molecule has 0 radical (unpaired) electrons. The summed E-state index contributed by atoms with van der Waals surface area (Å²) in [6, 6.07) is 11.8. The van der Waals surface area contributed by atoms with E-state index >= 15 is 0 Å². The molecule has 0 bridgehead atoms. The first kappa shape index (κ1) is 29.2. The molecular weight excluding hydrogens is 478 g/mol. The molecule has 0 saturated carbocycles. The van der Waals surface area contributed by atoms with Gasteiger partial charge in [-0.25, -0.2) is 8.42 Å². The maximum atomic E-state index is 13.8. The molecule has 0 aliphatic heterocycles. The van der Waals surface area contributed by atoms with Gasteiger partial charge in [0, 0.05) is 12.6 Å². The molecule has 0 aliphatic carbocycles. The molecule has 36 heavy (non-hydrogen) atoms. The average Bonchev–Trinajstić information content (AvgIpc) is 2.82. The summed E-state index contributed by atoms with van der Waals surface area (Å²) in [7, 11) is -2.20. The van der Waals surface area contributed by atoms with Gasteiger partial charge in [0.25, 0.3) is 0 Å². The van der Waals surface area contributed by atoms with E-state index < -0.39 is 28.5 Å². The predicted molar refractivity (Wildman–Crippen MR) is 144 cm³/mol. The van der Waals surface area contributed by atoms with Crippen LogP contribution in [0.5, 0.6) is 5.75 Å². The number of hydrogen-bond donors (Lipinski definition) is 1. The van der Waals surface area contributed by atoms with E-state index in [0.29, 0.717) is 17.9 Å². The average molecular weight is 518 g/mol. The SMILES string of the molecule is CC[C@@H](C)NC(=O)[C@H](CC)N(Cc1ccc(OC)cc1)C(=O)CN(c1ccc(C)cc1C)S(C)(=O)=O. The molecule has 2 rings (SSSR count). The molecule has 0 heterocycles. The third-order valence-corrected chi connectivity index (χ3v) is 7.33. The second-order valence-electron chi connectivity index (χ2n) is 9.17. The van der Waals surface area contributed by atoms with E-state index in [1.807, 2.05) is 58.9 Å². The zero-order valence-electron chi connectivity index (χ0n) is 22.4. The highest BCUT2D eigenvalue weighted by molar-refractivity contribution is 7.92. The Morgan fingerprint density at radius 2 is 1.67 bits per heavy atom. The molecular formula is C27H39N3O5S. The number of carbonyl (C=O) groups excluding carboxylic acids is 2. The quantitative estimate of drug-likeness (QED) is 0.462. The number of hydrogen-bond acceptors (Lipinski definition) is 5. The fourth-order valence-corrected chi connectivity index (χ4v) is 4.88. The number of sulfonamides is 1. The third kappa shape index (κ3) is 7.71. The summed E-state index contributed by atoms with van der Waals surface area (Å²) >= 11 is 0. The first-order valence-electron chi connectivity index (χ1n) is 12.2. The molecule has 9 heteroatoms. The molecule has 198 valence electrons. The monoisotopic (exact) mass is 517 g/mol. The van der Waals surface area contributed by atoms with Gasteiger partial charge < -0.3 is 15.0 Å². The maximum absolute atomic E-state index is 13.8. The Morgan fingerprint density at radius 1 is 1.03 bits per heavy atom. The highest BCUT2D eigenvalue weighted by atomic mass is 32.2. The summed E-state index contributed by atoms with van der Waals surface area (Å²) in [5, 5.41) is 2.97. The third-order valence-electron chi connectivity index (χ3n) is 6.20. The molecule has 8 nitrogen and oxygen atoms in total. The standard InChI is InChI=1S/C27H39N3O5S/c1-8-21(5)28-27(32)24(9-2)29(17-22-11-13-23(35-6)14-12-22)26(31)18-30(36(7,33)34)25-15-10-19(3)16-20(25)4/h10-16,21,24H,8-9,17-18H2,1-7H3,(H,28,32)/t21-,24+/m1/s1. The van der Waals surface area contributed by atoms with Crippen LogP contribution in [-0.2, 0) is 26.2 Å². The van der Waals surface area contributed by atoms with Gasteiger partial charge in [0.05, 0.1) is 19.1 Å². The lowest BCUT2D eigenvalue weighted by Gasteiger charge is -2.33. The summed E-state index contributed by atoms with van der Waals surface area (Å²) in [6.07, 6.45) is 2.22. The smallest absolute Gasteiger partial charge is 0.244 e. The van der Waals surface area contributed by atoms with Crippen molar-refractivity contribution in [2.24, 2.45) is 0 Å². The van der Waals surface area contributed by atoms with Gasteiger partial charge in [-0.15, -0.1) is 0 Å². The Bertz CT molecular complexity index is 1150. The highest BCUT2D eigenvalue weighted by Gasteiger charge is 2.32. The van der Waals surface area contributed by atoms with Crippen LogP contribution in [0.15, 0.2) is 42.5 Å². The molecule has 0 aliphatic rings. The largest absolute Gasteiger partial charge is 0.497 e. The molecule has 2 amide bonds. The lowest BCUT2D eigenvalue weighted by atomic mass is 10.1. The predicted octanol–water partition coefficient (Wildman–Crippen LogP) is 3.80. The molecule has 2 aromatic rings. The van der Waals surface area contributed by atoms with Crippen LogP contribution >= 0.6 is 0 Å². The van der Waals surface area contributed by atoms with Crippen molar-refractivity contribution in [1.29, 1.82) is 0 Å². The Morgan fingerprint density at radius 3 is 2.17 bits per heavy atom. The van der Waals surface area contributed by atoms with Gasteiger partial charge in [0.2, 0.25) is 21.8 Å². The van der Waals surface area contributed by atoms with Crippen LogP contribution in [0.1, 0.15) is 50.3 Å². The molecule has 0 saturated heterocycles. The van der Waals surface area contributed by atoms with Crippen LogP contribution in [0, 0.1) is 13.8 Å². The first-order chi connectivity index (χ1) is 16.9. The van der Waals surface area contributed by atoms with Crippen LogP contribution in [0.25, 0.3) is 0 Å². The Kier molecular flexibility index (Phi) is 10.3. The minimum atomic E-state index is -3.77. The molecule has 0 spiro atoms. The van der Waals surface area contributed by atoms with E-state index in [1.165, 1.54) is 4.90 Å². The topological polar surface area (TPSA) is 96.0 Å². The number of aryl methyl sites for hydroxylation is 2. The second-order valence-corrected chi connectivity index (χ2v) is 11.1. The van der Waals surface area contributed by atoms with Crippen molar-refractivity contribution in [1.82, 2.24) is 10.2 Å². The Hall–Kier alpha value is -3.07. The van der Waals surface area contributed by atoms with Gasteiger partial charge >= 0.3 is 0 Å². The lowest BCUT2D eigenvalue weighted by Crippen LogP contribution is -2.53. The van der Waals surface area contributed by atoms with Crippen molar-refractivity contribution in [3.8, 4) is 5.75 Å². The summed E-state index contributed by atoms with van der Waals surface area (Å²) in [5.41, 5.74) is 2.98. The summed E-state index contributed by atoms with van der Waals surface area (Å²) in [4.78, 5) is 28.4. The maximum Gasteiger partial charge on any atom is 0.244 e. The van der Waals surface area contributed by atoms with E-state index in [9.17, 15) is 18.0 Å². The number of carbonyl (C=O) groups is 2. The van der Waals surface area contributed by atoms with Crippen LogP contribution < -0.4 is 14.4 Å². The van der Waals surface area contributed by atoms with E-state index in [1.54, 1.807) is 25.3 Å². The number of nitrogens with one attached hydrogen (secondary N) is 1. The Labute approximate surface area is 215 Å². The van der Waals surface area contributed by atoms with Crippen molar-refractivity contribution in [3.05, 3.63) is 59.2 Å². The molecule has 2 aromatic carbocycles. The molecule has 0 aromatic heterocycles. The zero-order valence-corrected chi connectivity index (χ0v) is 23.2. The fourth-order valence-electron chi connectivity index (χ4n) is 3.97. The van der Waals surface area contributed by atoms with Crippen molar-refractivity contribution < 1.29 is 22.7 Å². The van der Waals surface area contributed by atoms with Crippen molar-refractivity contribution in [2.75, 3.05) is 24.2 Å². The number of ether oxygens (including phenoxy) is 1. The van der Waals surface area contributed by atoms with Crippen molar-refractivity contribution in [3.63, 3.8) is 0 Å². The van der Waals surface area contributed by atoms with Gasteiger partial charge in [-0.3, -0.25) is 13.9 Å². The molecule has 1 N–H and O–H groups in total. The minimum Gasteiger partial charge on any atom is -0.497 e. The first-order valence-corrected chi connectivity index (χ1v) is 14.0. The van der Waals surface area contributed by atoms with E-state index in [-0.39, 0.29) is 18.5 Å². The van der Waals surface area contributed by atoms with Gasteiger partial charge in [-0.05, 0) is 62.9 Å². The van der Waals surface area contributed by atoms with Gasteiger partial charge in [-0.1, -0.05) is 43.7 Å². The second kappa shape index (κ2) is 12.8.